The lowest BCUT2D eigenvalue weighted by atomic mass is 10.1. The quantitative estimate of drug-likeness (QED) is 0.635. The Morgan fingerprint density at radius 1 is 1.27 bits per heavy atom. The summed E-state index contributed by atoms with van der Waals surface area (Å²) in [6.45, 7) is 2.02. The third kappa shape index (κ3) is 1.87. The molecule has 1 aromatic carbocycles. The van der Waals surface area contributed by atoms with Crippen LogP contribution in [-0.4, -0.2) is 10.2 Å². The number of benzene rings is 1. The lowest BCUT2D eigenvalue weighted by Gasteiger charge is -2.00. The first-order valence-electron chi connectivity index (χ1n) is 3.59. The molecule has 1 rings (SSSR count). The summed E-state index contributed by atoms with van der Waals surface area (Å²) in [5.41, 5.74) is 0.933. The summed E-state index contributed by atoms with van der Waals surface area (Å²) in [5, 5.41) is 18.0. The third-order valence-electron chi connectivity index (χ3n) is 1.44. The third-order valence-corrected chi connectivity index (χ3v) is 1.44. The van der Waals surface area contributed by atoms with E-state index in [2.05, 4.69) is 0 Å². The van der Waals surface area contributed by atoms with Crippen molar-refractivity contribution in [3.05, 3.63) is 30.2 Å². The van der Waals surface area contributed by atoms with Crippen LogP contribution in [0.25, 0.3) is 0 Å². The summed E-state index contributed by atoms with van der Waals surface area (Å²) >= 11 is 0. The molecule has 2 nitrogen and oxygen atoms in total. The Hall–Kier alpha value is -1.18. The molecule has 11 heavy (non-hydrogen) atoms. The zero-order chi connectivity index (χ0) is 8.27. The molecule has 0 aromatic heterocycles. The van der Waals surface area contributed by atoms with Crippen LogP contribution in [0, 0.1) is 6.42 Å². The summed E-state index contributed by atoms with van der Waals surface area (Å²) in [6, 6.07) is 4.79. The fourth-order valence-corrected chi connectivity index (χ4v) is 0.903. The van der Waals surface area contributed by atoms with Crippen molar-refractivity contribution in [1.29, 1.82) is 0 Å². The second-order valence-electron chi connectivity index (χ2n) is 2.36. The zero-order valence-electron chi connectivity index (χ0n) is 6.41. The van der Waals surface area contributed by atoms with Gasteiger partial charge in [-0.25, -0.2) is 0 Å². The van der Waals surface area contributed by atoms with E-state index in [-0.39, 0.29) is 11.5 Å². The summed E-state index contributed by atoms with van der Waals surface area (Å²) in [6.07, 6.45) is 2.89. The molecule has 2 heteroatoms. The van der Waals surface area contributed by atoms with Crippen molar-refractivity contribution in [2.24, 2.45) is 0 Å². The van der Waals surface area contributed by atoms with Gasteiger partial charge in [0.15, 0.2) is 11.5 Å². The maximum Gasteiger partial charge on any atom is 0.157 e. The minimum atomic E-state index is -0.0711. The van der Waals surface area contributed by atoms with Gasteiger partial charge in [-0.1, -0.05) is 13.0 Å². The van der Waals surface area contributed by atoms with Crippen molar-refractivity contribution in [3.63, 3.8) is 0 Å². The van der Waals surface area contributed by atoms with E-state index in [4.69, 9.17) is 10.2 Å². The molecule has 0 spiro atoms. The SMILES string of the molecule is CC[CH]c1ccc(O)c(O)c1. The van der Waals surface area contributed by atoms with Gasteiger partial charge in [0, 0.05) is 0 Å². The molecule has 0 atom stereocenters. The number of phenolic OH excluding ortho intramolecular Hbond substituents is 2. The molecule has 2 N–H and O–H groups in total. The molecule has 0 amide bonds. The largest absolute Gasteiger partial charge is 0.504 e. The van der Waals surface area contributed by atoms with Crippen molar-refractivity contribution in [2.75, 3.05) is 0 Å². The molecule has 0 saturated carbocycles. The van der Waals surface area contributed by atoms with Crippen molar-refractivity contribution in [2.45, 2.75) is 13.3 Å². The lowest BCUT2D eigenvalue weighted by molar-refractivity contribution is 0.403. The second-order valence-corrected chi connectivity index (χ2v) is 2.36. The van der Waals surface area contributed by atoms with Crippen LogP contribution >= 0.6 is 0 Å². The van der Waals surface area contributed by atoms with Gasteiger partial charge in [-0.2, -0.15) is 0 Å². The van der Waals surface area contributed by atoms with Crippen LogP contribution in [0.3, 0.4) is 0 Å². The van der Waals surface area contributed by atoms with Gasteiger partial charge in [-0.05, 0) is 30.5 Å². The Bertz CT molecular complexity index is 243. The Labute approximate surface area is 66.1 Å². The van der Waals surface area contributed by atoms with Crippen LogP contribution in [-0.2, 0) is 0 Å². The molecule has 0 fully saturated rings. The second kappa shape index (κ2) is 3.28. The highest BCUT2D eigenvalue weighted by molar-refractivity contribution is 5.42. The van der Waals surface area contributed by atoms with E-state index in [0.717, 1.165) is 12.0 Å². The summed E-state index contributed by atoms with van der Waals surface area (Å²) in [4.78, 5) is 0. The van der Waals surface area contributed by atoms with Gasteiger partial charge in [0.2, 0.25) is 0 Å². The predicted molar refractivity (Wildman–Crippen MR) is 43.5 cm³/mol. The first-order valence-corrected chi connectivity index (χ1v) is 3.59. The van der Waals surface area contributed by atoms with Crippen LogP contribution < -0.4 is 0 Å². The van der Waals surface area contributed by atoms with Gasteiger partial charge in [0.05, 0.1) is 0 Å². The van der Waals surface area contributed by atoms with Crippen LogP contribution in [0.4, 0.5) is 0 Å². The van der Waals surface area contributed by atoms with Crippen molar-refractivity contribution in [1.82, 2.24) is 0 Å². The maximum absolute atomic E-state index is 9.06. The number of phenols is 2. The monoisotopic (exact) mass is 151 g/mol. The maximum atomic E-state index is 9.06. The standard InChI is InChI=1S/C9H11O2/c1-2-3-7-4-5-8(10)9(11)6-7/h3-6,10-11H,2H2,1H3. The highest BCUT2D eigenvalue weighted by atomic mass is 16.3. The highest BCUT2D eigenvalue weighted by Crippen LogP contribution is 2.25. The van der Waals surface area contributed by atoms with Gasteiger partial charge < -0.3 is 10.2 Å². The van der Waals surface area contributed by atoms with Gasteiger partial charge in [0.1, 0.15) is 0 Å². The number of hydrogen-bond donors (Lipinski definition) is 2. The molecule has 0 bridgehead atoms. The predicted octanol–water partition coefficient (Wildman–Crippen LogP) is 2.06. The van der Waals surface area contributed by atoms with Crippen molar-refractivity contribution < 1.29 is 10.2 Å². The van der Waals surface area contributed by atoms with E-state index in [9.17, 15) is 0 Å². The van der Waals surface area contributed by atoms with E-state index < -0.39 is 0 Å². The van der Waals surface area contributed by atoms with Crippen molar-refractivity contribution in [3.8, 4) is 11.5 Å². The molecule has 59 valence electrons. The normalized spacial score (nSPS) is 9.91. The van der Waals surface area contributed by atoms with E-state index >= 15 is 0 Å². The van der Waals surface area contributed by atoms with Crippen LogP contribution in [0.2, 0.25) is 0 Å². The minimum Gasteiger partial charge on any atom is -0.504 e. The molecule has 0 unspecified atom stereocenters. The average Bonchev–Trinajstić information content (AvgIpc) is 1.98. The average molecular weight is 151 g/mol. The van der Waals surface area contributed by atoms with Gasteiger partial charge in [-0.15, -0.1) is 0 Å². The topological polar surface area (TPSA) is 40.5 Å². The number of hydrogen-bond acceptors (Lipinski definition) is 2. The van der Waals surface area contributed by atoms with Gasteiger partial charge in [-0.3, -0.25) is 0 Å². The summed E-state index contributed by atoms with van der Waals surface area (Å²) in [7, 11) is 0. The minimum absolute atomic E-state index is 0.0628. The van der Waals surface area contributed by atoms with E-state index in [1.165, 1.54) is 6.07 Å². The van der Waals surface area contributed by atoms with Crippen molar-refractivity contribution >= 4 is 0 Å². The Kier molecular flexibility index (Phi) is 2.36. The molecule has 0 heterocycles. The molecule has 0 aliphatic heterocycles. The summed E-state index contributed by atoms with van der Waals surface area (Å²) < 4.78 is 0. The Morgan fingerprint density at radius 3 is 2.55 bits per heavy atom. The molecular formula is C9H11O2. The fourth-order valence-electron chi connectivity index (χ4n) is 0.903. The number of aromatic hydroxyl groups is 2. The first kappa shape index (κ1) is 7.92. The molecule has 0 aliphatic carbocycles. The van der Waals surface area contributed by atoms with Crippen LogP contribution in [0.15, 0.2) is 18.2 Å². The molecule has 1 aromatic rings. The van der Waals surface area contributed by atoms with Gasteiger partial charge in [0.25, 0.3) is 0 Å². The highest BCUT2D eigenvalue weighted by Gasteiger charge is 1.98. The van der Waals surface area contributed by atoms with E-state index in [1.54, 1.807) is 12.1 Å². The summed E-state index contributed by atoms with van der Waals surface area (Å²) in [5.74, 6) is -0.134. The smallest absolute Gasteiger partial charge is 0.157 e. The molecule has 1 radical (unpaired) electrons. The van der Waals surface area contributed by atoms with Gasteiger partial charge >= 0.3 is 0 Å². The first-order chi connectivity index (χ1) is 5.24. The van der Waals surface area contributed by atoms with Crippen LogP contribution in [0.1, 0.15) is 18.9 Å². The molecule has 0 aliphatic rings. The molecule has 0 saturated heterocycles. The van der Waals surface area contributed by atoms with E-state index in [0.29, 0.717) is 0 Å². The lowest BCUT2D eigenvalue weighted by Crippen LogP contribution is -1.78. The fraction of sp³-hybridized carbons (Fsp3) is 0.222. The Morgan fingerprint density at radius 2 is 2.00 bits per heavy atom. The van der Waals surface area contributed by atoms with E-state index in [1.807, 2.05) is 13.3 Å². The zero-order valence-corrected chi connectivity index (χ0v) is 6.41. The Balaban J connectivity index is 2.86. The molecular weight excluding hydrogens is 140 g/mol. The van der Waals surface area contributed by atoms with Crippen LogP contribution in [0.5, 0.6) is 11.5 Å². The number of rotatable bonds is 2.